The Morgan fingerprint density at radius 1 is 1.52 bits per heavy atom. The van der Waals surface area contributed by atoms with E-state index < -0.39 is 0 Å². The number of halogens is 1. The molecule has 1 aliphatic rings. The van der Waals surface area contributed by atoms with E-state index in [4.69, 9.17) is 4.74 Å². The Balaban J connectivity index is 2.00. The van der Waals surface area contributed by atoms with Gasteiger partial charge < -0.3 is 20.1 Å². The fraction of sp³-hybridized carbons (Fsp3) is 0.625. The molecule has 0 aliphatic carbocycles. The molecule has 0 bridgehead atoms. The van der Waals surface area contributed by atoms with Crippen molar-refractivity contribution < 1.29 is 14.2 Å². The predicted molar refractivity (Wildman–Crippen MR) is 81.0 cm³/mol. The van der Waals surface area contributed by atoms with Gasteiger partial charge in [0.1, 0.15) is 11.6 Å². The van der Waals surface area contributed by atoms with Gasteiger partial charge >= 0.3 is 0 Å². The number of nitrogens with one attached hydrogen (secondary N) is 1. The van der Waals surface area contributed by atoms with Crippen LogP contribution in [-0.4, -0.2) is 50.4 Å². The molecule has 0 radical (unpaired) electrons. The van der Waals surface area contributed by atoms with Crippen LogP contribution in [0.5, 0.6) is 5.75 Å². The highest BCUT2D eigenvalue weighted by atomic mass is 19.1. The third-order valence-electron chi connectivity index (χ3n) is 4.29. The van der Waals surface area contributed by atoms with Crippen molar-refractivity contribution in [2.24, 2.45) is 5.92 Å². The van der Waals surface area contributed by atoms with Crippen molar-refractivity contribution in [2.45, 2.75) is 18.9 Å². The third-order valence-corrected chi connectivity index (χ3v) is 4.29. The Bertz CT molecular complexity index is 456. The molecule has 2 unspecified atom stereocenters. The van der Waals surface area contributed by atoms with Crippen molar-refractivity contribution >= 4 is 0 Å². The van der Waals surface area contributed by atoms with Crippen LogP contribution in [-0.2, 0) is 0 Å². The van der Waals surface area contributed by atoms with Crippen LogP contribution in [0.3, 0.4) is 0 Å². The first kappa shape index (κ1) is 16.2. The van der Waals surface area contributed by atoms with Gasteiger partial charge in [0.15, 0.2) is 0 Å². The highest BCUT2D eigenvalue weighted by Gasteiger charge is 2.24. The van der Waals surface area contributed by atoms with Crippen molar-refractivity contribution in [3.63, 3.8) is 0 Å². The molecule has 1 aromatic carbocycles. The van der Waals surface area contributed by atoms with E-state index in [2.05, 4.69) is 10.2 Å². The van der Waals surface area contributed by atoms with Crippen LogP contribution in [0.1, 0.15) is 24.4 Å². The molecule has 1 heterocycles. The second-order valence-electron chi connectivity index (χ2n) is 5.62. The third kappa shape index (κ3) is 3.93. The number of likely N-dealkylation sites (tertiary alicyclic amines) is 1. The molecule has 2 N–H and O–H groups in total. The molecule has 1 fully saturated rings. The summed E-state index contributed by atoms with van der Waals surface area (Å²) in [5, 5.41) is 12.4. The molecule has 21 heavy (non-hydrogen) atoms. The maximum atomic E-state index is 14.1. The quantitative estimate of drug-likeness (QED) is 0.805. The van der Waals surface area contributed by atoms with Crippen molar-refractivity contribution in [2.75, 3.05) is 40.4 Å². The zero-order chi connectivity index (χ0) is 15.2. The fourth-order valence-corrected chi connectivity index (χ4v) is 3.04. The van der Waals surface area contributed by atoms with Gasteiger partial charge in [0.05, 0.1) is 7.11 Å². The van der Waals surface area contributed by atoms with Crippen LogP contribution >= 0.6 is 0 Å². The largest absolute Gasteiger partial charge is 0.496 e. The smallest absolute Gasteiger partial charge is 0.131 e. The first-order valence-corrected chi connectivity index (χ1v) is 7.52. The Morgan fingerprint density at radius 3 is 2.95 bits per heavy atom. The summed E-state index contributed by atoms with van der Waals surface area (Å²) in [6.07, 6.45) is 1.86. The topological polar surface area (TPSA) is 44.7 Å². The van der Waals surface area contributed by atoms with Crippen LogP contribution in [0, 0.1) is 11.7 Å². The zero-order valence-corrected chi connectivity index (χ0v) is 12.8. The summed E-state index contributed by atoms with van der Waals surface area (Å²) < 4.78 is 19.4. The van der Waals surface area contributed by atoms with E-state index in [-0.39, 0.29) is 18.5 Å². The van der Waals surface area contributed by atoms with E-state index in [1.165, 1.54) is 6.07 Å². The van der Waals surface area contributed by atoms with Gasteiger partial charge in [-0.1, -0.05) is 6.07 Å². The van der Waals surface area contributed by atoms with Crippen LogP contribution in [0.2, 0.25) is 0 Å². The van der Waals surface area contributed by atoms with Gasteiger partial charge in [-0.05, 0) is 51.0 Å². The standard InChI is InChI=1S/C16H25FN2O2/c1-18-14(7-9-19-8-6-12(10-19)11-20)16-13(17)4-3-5-15(16)21-2/h3-5,12,14,18,20H,6-11H2,1-2H3. The second-order valence-corrected chi connectivity index (χ2v) is 5.62. The summed E-state index contributed by atoms with van der Waals surface area (Å²) in [6.45, 7) is 3.09. The first-order chi connectivity index (χ1) is 10.2. The van der Waals surface area contributed by atoms with Gasteiger partial charge in [-0.25, -0.2) is 4.39 Å². The normalized spacial score (nSPS) is 20.7. The number of hydrogen-bond donors (Lipinski definition) is 2. The van der Waals surface area contributed by atoms with Crippen molar-refractivity contribution in [3.05, 3.63) is 29.6 Å². The molecule has 0 amide bonds. The number of nitrogens with zero attached hydrogens (tertiary/aromatic N) is 1. The Kier molecular flexibility index (Phi) is 5.96. The Morgan fingerprint density at radius 2 is 2.33 bits per heavy atom. The monoisotopic (exact) mass is 296 g/mol. The van der Waals surface area contributed by atoms with Gasteiger partial charge in [-0.3, -0.25) is 0 Å². The molecule has 1 saturated heterocycles. The van der Waals surface area contributed by atoms with E-state index in [1.807, 2.05) is 7.05 Å². The molecule has 1 aliphatic heterocycles. The fourth-order valence-electron chi connectivity index (χ4n) is 3.04. The van der Waals surface area contributed by atoms with Crippen LogP contribution in [0.4, 0.5) is 4.39 Å². The lowest BCUT2D eigenvalue weighted by Crippen LogP contribution is -2.28. The molecule has 118 valence electrons. The van der Waals surface area contributed by atoms with Crippen molar-refractivity contribution in [3.8, 4) is 5.75 Å². The van der Waals surface area contributed by atoms with Gasteiger partial charge in [-0.15, -0.1) is 0 Å². The molecule has 2 rings (SSSR count). The number of benzene rings is 1. The number of hydrogen-bond acceptors (Lipinski definition) is 4. The number of rotatable bonds is 7. The predicted octanol–water partition coefficient (Wildman–Crippen LogP) is 1.80. The minimum absolute atomic E-state index is 0.0747. The maximum Gasteiger partial charge on any atom is 0.131 e. The average molecular weight is 296 g/mol. The van der Waals surface area contributed by atoms with E-state index in [1.54, 1.807) is 19.2 Å². The number of aliphatic hydroxyl groups is 1. The van der Waals surface area contributed by atoms with Crippen LogP contribution in [0.15, 0.2) is 18.2 Å². The summed E-state index contributed by atoms with van der Waals surface area (Å²) in [5.41, 5.74) is 0.598. The average Bonchev–Trinajstić information content (AvgIpc) is 2.97. The van der Waals surface area contributed by atoms with Gasteiger partial charge in [0.2, 0.25) is 0 Å². The molecular formula is C16H25FN2O2. The summed E-state index contributed by atoms with van der Waals surface area (Å²) in [7, 11) is 3.41. The van der Waals surface area contributed by atoms with Crippen LogP contribution in [0.25, 0.3) is 0 Å². The minimum atomic E-state index is -0.233. The lowest BCUT2D eigenvalue weighted by molar-refractivity contribution is 0.219. The maximum absolute atomic E-state index is 14.1. The lowest BCUT2D eigenvalue weighted by Gasteiger charge is -2.23. The molecule has 5 heteroatoms. The van der Waals surface area contributed by atoms with Gasteiger partial charge in [0.25, 0.3) is 0 Å². The van der Waals surface area contributed by atoms with E-state index in [9.17, 15) is 9.50 Å². The van der Waals surface area contributed by atoms with E-state index in [0.29, 0.717) is 17.2 Å². The van der Waals surface area contributed by atoms with Gasteiger partial charge in [-0.2, -0.15) is 0 Å². The van der Waals surface area contributed by atoms with E-state index in [0.717, 1.165) is 32.5 Å². The number of methoxy groups -OCH3 is 1. The molecule has 2 atom stereocenters. The molecule has 4 nitrogen and oxygen atoms in total. The highest BCUT2D eigenvalue weighted by Crippen LogP contribution is 2.30. The van der Waals surface area contributed by atoms with E-state index >= 15 is 0 Å². The number of aliphatic hydroxyl groups excluding tert-OH is 1. The molecule has 0 aromatic heterocycles. The number of ether oxygens (including phenoxy) is 1. The molecule has 1 aromatic rings. The Hall–Kier alpha value is -1.17. The lowest BCUT2D eigenvalue weighted by atomic mass is 10.0. The highest BCUT2D eigenvalue weighted by molar-refractivity contribution is 5.37. The molecule has 0 saturated carbocycles. The van der Waals surface area contributed by atoms with Crippen LogP contribution < -0.4 is 10.1 Å². The summed E-state index contributed by atoms with van der Waals surface area (Å²) in [5.74, 6) is 0.744. The van der Waals surface area contributed by atoms with Gasteiger partial charge in [0, 0.05) is 24.8 Å². The Labute approximate surface area is 125 Å². The summed E-state index contributed by atoms with van der Waals surface area (Å²) in [6, 6.07) is 4.85. The molecule has 0 spiro atoms. The zero-order valence-electron chi connectivity index (χ0n) is 12.8. The summed E-state index contributed by atoms with van der Waals surface area (Å²) >= 11 is 0. The first-order valence-electron chi connectivity index (χ1n) is 7.52. The second kappa shape index (κ2) is 7.73. The molecular weight excluding hydrogens is 271 g/mol. The summed E-state index contributed by atoms with van der Waals surface area (Å²) in [4.78, 5) is 2.33. The minimum Gasteiger partial charge on any atom is -0.496 e. The van der Waals surface area contributed by atoms with Crippen molar-refractivity contribution in [1.82, 2.24) is 10.2 Å². The van der Waals surface area contributed by atoms with Crippen molar-refractivity contribution in [1.29, 1.82) is 0 Å². The SMILES string of the molecule is CNC(CCN1CCC(CO)C1)c1c(F)cccc1OC.